The maximum absolute atomic E-state index is 12.9. The fourth-order valence-electron chi connectivity index (χ4n) is 4.77. The monoisotopic (exact) mass is 573 g/mol. The minimum absolute atomic E-state index is 0. The van der Waals surface area contributed by atoms with Crippen LogP contribution < -0.4 is 10.2 Å². The van der Waals surface area contributed by atoms with Crippen LogP contribution in [0.1, 0.15) is 34.8 Å². The summed E-state index contributed by atoms with van der Waals surface area (Å²) in [4.78, 5) is 24.2. The van der Waals surface area contributed by atoms with Gasteiger partial charge in [-0.1, -0.05) is 29.3 Å². The highest BCUT2D eigenvalue weighted by Crippen LogP contribution is 2.32. The van der Waals surface area contributed by atoms with Crippen molar-refractivity contribution in [1.82, 2.24) is 20.0 Å². The van der Waals surface area contributed by atoms with Crippen LogP contribution in [0.15, 0.2) is 30.3 Å². The van der Waals surface area contributed by atoms with Gasteiger partial charge in [-0.2, -0.15) is 0 Å². The molecule has 1 aromatic carbocycles. The molecule has 2 aliphatic heterocycles. The third-order valence-corrected chi connectivity index (χ3v) is 8.86. The summed E-state index contributed by atoms with van der Waals surface area (Å²) in [5, 5.41) is 4.82. The summed E-state index contributed by atoms with van der Waals surface area (Å²) in [6.45, 7) is 14.9. The first-order chi connectivity index (χ1) is 16.9. The van der Waals surface area contributed by atoms with Crippen LogP contribution in [0, 0.1) is 0 Å². The second-order valence-corrected chi connectivity index (χ2v) is 11.6. The molecule has 0 radical (unpaired) electrons. The molecule has 200 valence electrons. The van der Waals surface area contributed by atoms with E-state index in [0.717, 1.165) is 89.0 Å². The molecule has 2 aromatic rings. The number of anilines is 1. The molecule has 0 aliphatic carbocycles. The predicted molar refractivity (Wildman–Crippen MR) is 156 cm³/mol. The summed E-state index contributed by atoms with van der Waals surface area (Å²) >= 11 is 14.2. The average Bonchev–Trinajstić information content (AvgIpc) is 3.34. The van der Waals surface area contributed by atoms with Crippen LogP contribution in [0.3, 0.4) is 0 Å². The number of nitrogens with zero attached hydrogens (tertiary/aromatic N) is 4. The first-order valence-electron chi connectivity index (χ1n) is 12.7. The standard InChI is InChI=1S/C26H37Cl2N5OS.ClH/c1-20(2)31-15-17-33(18-16-31)26(34)24-8-7-21(35-24)19-29-9-4-10-30-11-13-32(14-12-30)23-6-3-5-22(27)25(23)28;/h3,5-8,20,29H,4,9-19H2,1-2H3;1H. The Bertz CT molecular complexity index is 972. The lowest BCUT2D eigenvalue weighted by Crippen LogP contribution is -2.50. The van der Waals surface area contributed by atoms with Gasteiger partial charge in [0.05, 0.1) is 20.6 Å². The molecule has 0 bridgehead atoms. The molecule has 0 unspecified atom stereocenters. The molecule has 1 amide bonds. The fraction of sp³-hybridized carbons (Fsp3) is 0.577. The van der Waals surface area contributed by atoms with Gasteiger partial charge in [-0.25, -0.2) is 0 Å². The number of carbonyl (C=O) groups is 1. The van der Waals surface area contributed by atoms with E-state index in [1.54, 1.807) is 11.3 Å². The molecule has 0 atom stereocenters. The molecule has 6 nitrogen and oxygen atoms in total. The molecule has 36 heavy (non-hydrogen) atoms. The fourth-order valence-corrected chi connectivity index (χ4v) is 6.13. The Morgan fingerprint density at radius 2 is 1.72 bits per heavy atom. The number of halogens is 3. The first-order valence-corrected chi connectivity index (χ1v) is 14.2. The maximum Gasteiger partial charge on any atom is 0.264 e. The lowest BCUT2D eigenvalue weighted by molar-refractivity contribution is 0.0600. The van der Waals surface area contributed by atoms with Gasteiger partial charge in [-0.15, -0.1) is 23.7 Å². The van der Waals surface area contributed by atoms with Crippen LogP contribution in [0.4, 0.5) is 5.69 Å². The van der Waals surface area contributed by atoms with Crippen molar-refractivity contribution in [3.05, 3.63) is 50.1 Å². The van der Waals surface area contributed by atoms with Crippen LogP contribution in [0.2, 0.25) is 10.0 Å². The van der Waals surface area contributed by atoms with Crippen molar-refractivity contribution in [2.45, 2.75) is 32.9 Å². The van der Waals surface area contributed by atoms with Crippen LogP contribution in [0.25, 0.3) is 0 Å². The van der Waals surface area contributed by atoms with Crippen LogP contribution in [-0.2, 0) is 6.54 Å². The Morgan fingerprint density at radius 1 is 1.00 bits per heavy atom. The van der Waals surface area contributed by atoms with Gasteiger partial charge in [0.2, 0.25) is 0 Å². The molecule has 4 rings (SSSR count). The molecular formula is C26H38Cl3N5OS. The van der Waals surface area contributed by atoms with Gasteiger partial charge in [0.15, 0.2) is 0 Å². The largest absolute Gasteiger partial charge is 0.368 e. The number of piperazine rings is 2. The van der Waals surface area contributed by atoms with Crippen molar-refractivity contribution >= 4 is 58.5 Å². The summed E-state index contributed by atoms with van der Waals surface area (Å²) in [6, 6.07) is 10.5. The molecule has 2 saturated heterocycles. The van der Waals surface area contributed by atoms with Crippen LogP contribution >= 0.6 is 46.9 Å². The highest BCUT2D eigenvalue weighted by atomic mass is 35.5. The van der Waals surface area contributed by atoms with E-state index in [2.05, 4.69) is 39.9 Å². The number of amides is 1. The zero-order valence-corrected chi connectivity index (χ0v) is 24.4. The van der Waals surface area contributed by atoms with E-state index >= 15 is 0 Å². The number of hydrogen-bond acceptors (Lipinski definition) is 6. The lowest BCUT2D eigenvalue weighted by Gasteiger charge is -2.36. The Morgan fingerprint density at radius 3 is 2.42 bits per heavy atom. The number of nitrogens with one attached hydrogen (secondary N) is 1. The van der Waals surface area contributed by atoms with Crippen LogP contribution in [-0.4, -0.2) is 92.1 Å². The third-order valence-electron chi connectivity index (χ3n) is 6.98. The smallest absolute Gasteiger partial charge is 0.264 e. The topological polar surface area (TPSA) is 42.1 Å². The number of carbonyl (C=O) groups excluding carboxylic acids is 1. The van der Waals surface area contributed by atoms with Gasteiger partial charge in [0.25, 0.3) is 5.91 Å². The zero-order valence-electron chi connectivity index (χ0n) is 21.2. The molecule has 3 heterocycles. The van der Waals surface area contributed by atoms with E-state index in [4.69, 9.17) is 23.2 Å². The zero-order chi connectivity index (χ0) is 24.8. The van der Waals surface area contributed by atoms with Gasteiger partial charge in [-0.3, -0.25) is 14.6 Å². The highest BCUT2D eigenvalue weighted by molar-refractivity contribution is 7.14. The minimum Gasteiger partial charge on any atom is -0.368 e. The van der Waals surface area contributed by atoms with Gasteiger partial charge in [-0.05, 0) is 57.6 Å². The van der Waals surface area contributed by atoms with E-state index in [9.17, 15) is 4.79 Å². The lowest BCUT2D eigenvalue weighted by atomic mass is 10.2. The Hall–Kier alpha value is -1.06. The molecule has 10 heteroatoms. The minimum atomic E-state index is 0. The summed E-state index contributed by atoms with van der Waals surface area (Å²) in [5.74, 6) is 0.183. The van der Waals surface area contributed by atoms with Gasteiger partial charge < -0.3 is 15.1 Å². The summed E-state index contributed by atoms with van der Waals surface area (Å²) in [5.41, 5.74) is 1.03. The quantitative estimate of drug-likeness (QED) is 0.430. The van der Waals surface area contributed by atoms with Crippen molar-refractivity contribution in [3.63, 3.8) is 0 Å². The van der Waals surface area contributed by atoms with Gasteiger partial charge in [0, 0.05) is 69.8 Å². The van der Waals surface area contributed by atoms with E-state index < -0.39 is 0 Å². The van der Waals surface area contributed by atoms with E-state index in [-0.39, 0.29) is 18.3 Å². The number of benzene rings is 1. The molecule has 1 N–H and O–H groups in total. The summed E-state index contributed by atoms with van der Waals surface area (Å²) in [7, 11) is 0. The predicted octanol–water partition coefficient (Wildman–Crippen LogP) is 4.94. The SMILES string of the molecule is CC(C)N1CCN(C(=O)c2ccc(CNCCCN3CCN(c4cccc(Cl)c4Cl)CC3)s2)CC1.Cl. The van der Waals surface area contributed by atoms with E-state index in [1.807, 2.05) is 29.2 Å². The Balaban J connectivity index is 0.00000361. The normalized spacial score (nSPS) is 17.5. The van der Waals surface area contributed by atoms with E-state index in [0.29, 0.717) is 16.1 Å². The van der Waals surface area contributed by atoms with Gasteiger partial charge in [0.1, 0.15) is 0 Å². The summed E-state index contributed by atoms with van der Waals surface area (Å²) in [6.07, 6.45) is 1.11. The number of rotatable bonds is 9. The molecule has 2 fully saturated rings. The average molecular weight is 575 g/mol. The van der Waals surface area contributed by atoms with Gasteiger partial charge >= 0.3 is 0 Å². The van der Waals surface area contributed by atoms with Crippen molar-refractivity contribution in [1.29, 1.82) is 0 Å². The summed E-state index contributed by atoms with van der Waals surface area (Å²) < 4.78 is 0. The maximum atomic E-state index is 12.9. The Kier molecular flexibility index (Phi) is 11.6. The third kappa shape index (κ3) is 7.73. The van der Waals surface area contributed by atoms with Crippen molar-refractivity contribution in [3.8, 4) is 0 Å². The number of thiophene rings is 1. The molecular weight excluding hydrogens is 537 g/mol. The first kappa shape index (κ1) is 29.5. The molecule has 0 spiro atoms. The van der Waals surface area contributed by atoms with Crippen molar-refractivity contribution in [2.75, 3.05) is 70.3 Å². The second-order valence-electron chi connectivity index (χ2n) is 9.62. The van der Waals surface area contributed by atoms with E-state index in [1.165, 1.54) is 4.88 Å². The molecule has 1 aromatic heterocycles. The Labute approximate surface area is 235 Å². The number of hydrogen-bond donors (Lipinski definition) is 1. The molecule has 2 aliphatic rings. The van der Waals surface area contributed by atoms with Crippen molar-refractivity contribution < 1.29 is 4.79 Å². The van der Waals surface area contributed by atoms with Crippen molar-refractivity contribution in [2.24, 2.45) is 0 Å². The second kappa shape index (κ2) is 14.2. The highest BCUT2D eigenvalue weighted by Gasteiger charge is 2.24. The molecule has 0 saturated carbocycles. The van der Waals surface area contributed by atoms with Crippen LogP contribution in [0.5, 0.6) is 0 Å².